The summed E-state index contributed by atoms with van der Waals surface area (Å²) in [4.78, 5) is 20.2. The van der Waals surface area contributed by atoms with E-state index in [1.807, 2.05) is 11.8 Å². The Bertz CT molecular complexity index is 1550. The van der Waals surface area contributed by atoms with Crippen LogP contribution in [0, 0.1) is 29.0 Å². The largest absolute Gasteiger partial charge is 0.416 e. The second-order valence-corrected chi connectivity index (χ2v) is 15.8. The fraction of sp³-hybridized carbons (Fsp3) is 0.562. The Kier molecular flexibility index (Phi) is 7.63. The van der Waals surface area contributed by atoms with E-state index in [1.54, 1.807) is 0 Å². The minimum absolute atomic E-state index is 0.0171. The molecule has 12 heteroatoms. The van der Waals surface area contributed by atoms with E-state index >= 15 is 0 Å². The number of fused-ring (bicyclic) bond motifs is 2. The molecule has 1 N–H and O–H groups in total. The SMILES string of the molecule is CC1(C)CCN(C(=O)[C@@]2(C)CN=C([C@H]3C[C@@H](N(Cc4ccc(C(F)(F)F)cc4)S(=O)(=O)c4ccc(F)cc4)C4CC3C4)N2)C1. The Labute approximate surface area is 255 Å². The van der Waals surface area contributed by atoms with Gasteiger partial charge in [-0.2, -0.15) is 17.5 Å². The third-order valence-electron chi connectivity index (χ3n) is 9.99. The molecular formula is C32H38F4N4O3S. The van der Waals surface area contributed by atoms with Gasteiger partial charge in [0.25, 0.3) is 0 Å². The highest BCUT2D eigenvalue weighted by Gasteiger charge is 2.54. The average molecular weight is 635 g/mol. The summed E-state index contributed by atoms with van der Waals surface area (Å²) in [5, 5.41) is 3.44. The molecule has 1 saturated heterocycles. The van der Waals surface area contributed by atoms with Gasteiger partial charge in [0.05, 0.1) is 17.0 Å². The first-order chi connectivity index (χ1) is 20.6. The Morgan fingerprint density at radius 3 is 2.27 bits per heavy atom. The number of carbonyl (C=O) groups excluding carboxylic acids is 1. The van der Waals surface area contributed by atoms with E-state index in [0.29, 0.717) is 37.5 Å². The predicted octanol–water partition coefficient (Wildman–Crippen LogP) is 5.47. The second-order valence-electron chi connectivity index (χ2n) is 13.9. The maximum absolute atomic E-state index is 14.1. The van der Waals surface area contributed by atoms with Crippen LogP contribution in [0.3, 0.4) is 0 Å². The number of hydrogen-bond donors (Lipinski definition) is 1. The van der Waals surface area contributed by atoms with Gasteiger partial charge in [0, 0.05) is 31.6 Å². The summed E-state index contributed by atoms with van der Waals surface area (Å²) in [5.74, 6) is 0.450. The highest BCUT2D eigenvalue weighted by molar-refractivity contribution is 7.89. The van der Waals surface area contributed by atoms with Gasteiger partial charge in [-0.15, -0.1) is 0 Å². The summed E-state index contributed by atoms with van der Waals surface area (Å²) < 4.78 is 82.9. The number of aliphatic imine (C=N–C) groups is 1. The number of nitrogens with one attached hydrogen (secondary N) is 1. The van der Waals surface area contributed by atoms with Crippen molar-refractivity contribution in [2.24, 2.45) is 28.2 Å². The fourth-order valence-corrected chi connectivity index (χ4v) is 9.04. The molecule has 3 atom stereocenters. The van der Waals surface area contributed by atoms with Crippen molar-refractivity contribution in [2.75, 3.05) is 19.6 Å². The number of alkyl halides is 3. The van der Waals surface area contributed by atoms with Crippen LogP contribution in [0.25, 0.3) is 0 Å². The lowest BCUT2D eigenvalue weighted by Gasteiger charge is -2.54. The number of carbonyl (C=O) groups is 1. The van der Waals surface area contributed by atoms with Crippen LogP contribution < -0.4 is 5.32 Å². The lowest BCUT2D eigenvalue weighted by atomic mass is 9.57. The summed E-state index contributed by atoms with van der Waals surface area (Å²) in [6.45, 7) is 7.74. The molecule has 2 bridgehead atoms. The van der Waals surface area contributed by atoms with Crippen molar-refractivity contribution in [3.05, 3.63) is 65.5 Å². The van der Waals surface area contributed by atoms with E-state index in [4.69, 9.17) is 4.99 Å². The number of likely N-dealkylation sites (tertiary alicyclic amines) is 1. The minimum atomic E-state index is -4.51. The van der Waals surface area contributed by atoms with Crippen molar-refractivity contribution in [3.63, 3.8) is 0 Å². The number of halogens is 4. The number of amides is 1. The van der Waals surface area contributed by atoms with Gasteiger partial charge in [-0.05, 0) is 91.8 Å². The zero-order valence-corrected chi connectivity index (χ0v) is 25.9. The summed E-state index contributed by atoms with van der Waals surface area (Å²) in [5.41, 5.74) is -1.19. The summed E-state index contributed by atoms with van der Waals surface area (Å²) in [6.07, 6.45) is -1.55. The van der Waals surface area contributed by atoms with E-state index in [2.05, 4.69) is 19.2 Å². The molecule has 44 heavy (non-hydrogen) atoms. The van der Waals surface area contributed by atoms with E-state index in [0.717, 1.165) is 49.4 Å². The highest BCUT2D eigenvalue weighted by Crippen LogP contribution is 2.52. The van der Waals surface area contributed by atoms with Crippen LogP contribution in [0.4, 0.5) is 17.6 Å². The number of nitrogens with zero attached hydrogens (tertiary/aromatic N) is 3. The smallest absolute Gasteiger partial charge is 0.358 e. The molecule has 0 radical (unpaired) electrons. The molecule has 2 aromatic rings. The number of benzene rings is 2. The minimum Gasteiger partial charge on any atom is -0.358 e. The topological polar surface area (TPSA) is 82.1 Å². The molecule has 0 unspecified atom stereocenters. The molecule has 4 fully saturated rings. The molecule has 0 aromatic heterocycles. The number of hydrogen-bond acceptors (Lipinski definition) is 5. The van der Waals surface area contributed by atoms with Crippen LogP contribution in [0.2, 0.25) is 0 Å². The number of sulfonamides is 1. The third kappa shape index (κ3) is 5.75. The van der Waals surface area contributed by atoms with Crippen LogP contribution >= 0.6 is 0 Å². The molecule has 5 aliphatic rings. The lowest BCUT2D eigenvalue weighted by Crippen LogP contribution is -2.60. The Morgan fingerprint density at radius 1 is 1.02 bits per heavy atom. The maximum atomic E-state index is 14.1. The van der Waals surface area contributed by atoms with Crippen LogP contribution in [-0.2, 0) is 27.5 Å². The summed E-state index contributed by atoms with van der Waals surface area (Å²) in [6, 6.07) is 8.68. The monoisotopic (exact) mass is 634 g/mol. The van der Waals surface area contributed by atoms with Crippen molar-refractivity contribution in [3.8, 4) is 0 Å². The van der Waals surface area contributed by atoms with Gasteiger partial charge in [0.1, 0.15) is 17.2 Å². The standard InChI is InChI=1S/C32H38F4N4O3S/c1-30(2)12-13-39(19-30)29(41)31(3)18-37-28(38-31)26-16-27(22-14-21(26)15-22)40(44(42,43)25-10-8-24(33)9-11-25)17-20-4-6-23(7-5-20)32(34,35)36/h4-11,21-22,26-27H,12-19H2,1-3H3,(H,37,38)/t21?,22?,26-,27+,31+/m0/s1. The van der Waals surface area contributed by atoms with Crippen LogP contribution in [-0.4, -0.2) is 60.6 Å². The molecule has 3 saturated carbocycles. The van der Waals surface area contributed by atoms with E-state index in [1.165, 1.54) is 28.6 Å². The van der Waals surface area contributed by atoms with Gasteiger partial charge in [-0.1, -0.05) is 26.0 Å². The van der Waals surface area contributed by atoms with Gasteiger partial charge in [-0.3, -0.25) is 9.79 Å². The molecule has 2 aromatic carbocycles. The van der Waals surface area contributed by atoms with Crippen LogP contribution in [0.15, 0.2) is 58.4 Å². The molecule has 2 heterocycles. The van der Waals surface area contributed by atoms with Gasteiger partial charge >= 0.3 is 6.18 Å². The number of amidine groups is 1. The highest BCUT2D eigenvalue weighted by atomic mass is 32.2. The van der Waals surface area contributed by atoms with E-state index < -0.39 is 39.2 Å². The molecule has 0 spiro atoms. The van der Waals surface area contributed by atoms with Gasteiger partial charge in [0.2, 0.25) is 15.9 Å². The molecule has 3 aliphatic carbocycles. The van der Waals surface area contributed by atoms with Crippen molar-refractivity contribution in [1.29, 1.82) is 0 Å². The van der Waals surface area contributed by atoms with E-state index in [-0.39, 0.29) is 34.6 Å². The zero-order chi connectivity index (χ0) is 31.7. The quantitative estimate of drug-likeness (QED) is 0.410. The molecule has 238 valence electrons. The third-order valence-corrected chi connectivity index (χ3v) is 11.9. The van der Waals surface area contributed by atoms with Gasteiger partial charge in [-0.25, -0.2) is 12.8 Å². The molecule has 7 nitrogen and oxygen atoms in total. The fourth-order valence-electron chi connectivity index (χ4n) is 7.36. The Balaban J connectivity index is 1.25. The van der Waals surface area contributed by atoms with Crippen molar-refractivity contribution >= 4 is 21.8 Å². The van der Waals surface area contributed by atoms with E-state index in [9.17, 15) is 30.8 Å². The van der Waals surface area contributed by atoms with Crippen molar-refractivity contribution in [2.45, 2.75) is 75.7 Å². The zero-order valence-electron chi connectivity index (χ0n) is 25.1. The molecule has 7 rings (SSSR count). The number of rotatable bonds is 7. The molecular weight excluding hydrogens is 596 g/mol. The van der Waals surface area contributed by atoms with Gasteiger partial charge < -0.3 is 10.2 Å². The van der Waals surface area contributed by atoms with Gasteiger partial charge in [0.15, 0.2) is 0 Å². The Morgan fingerprint density at radius 2 is 1.68 bits per heavy atom. The first kappa shape index (κ1) is 31.0. The second kappa shape index (κ2) is 10.8. The van der Waals surface area contributed by atoms with Crippen molar-refractivity contribution < 1.29 is 30.8 Å². The average Bonchev–Trinajstić information content (AvgIpc) is 3.53. The summed E-state index contributed by atoms with van der Waals surface area (Å²) >= 11 is 0. The first-order valence-electron chi connectivity index (χ1n) is 15.1. The molecule has 2 aliphatic heterocycles. The predicted molar refractivity (Wildman–Crippen MR) is 158 cm³/mol. The van der Waals surface area contributed by atoms with Crippen molar-refractivity contribution in [1.82, 2.24) is 14.5 Å². The van der Waals surface area contributed by atoms with Crippen LogP contribution in [0.5, 0.6) is 0 Å². The summed E-state index contributed by atoms with van der Waals surface area (Å²) in [7, 11) is -4.14. The normalized spacial score (nSPS) is 29.7. The first-order valence-corrected chi connectivity index (χ1v) is 16.6. The lowest BCUT2D eigenvalue weighted by molar-refractivity contribution is -0.137. The van der Waals surface area contributed by atoms with Crippen LogP contribution in [0.1, 0.15) is 57.6 Å². The molecule has 1 amide bonds. The Hall–Kier alpha value is -2.99. The maximum Gasteiger partial charge on any atom is 0.416 e.